The van der Waals surface area contributed by atoms with E-state index in [1.54, 1.807) is 0 Å². The summed E-state index contributed by atoms with van der Waals surface area (Å²) in [5.74, 6) is 2.82. The highest BCUT2D eigenvalue weighted by molar-refractivity contribution is 4.82. The van der Waals surface area contributed by atoms with Gasteiger partial charge in [0.1, 0.15) is 0 Å². The molecule has 2 aliphatic rings. The predicted molar refractivity (Wildman–Crippen MR) is 74.9 cm³/mol. The fourth-order valence-electron chi connectivity index (χ4n) is 4.02. The van der Waals surface area contributed by atoms with Crippen LogP contribution in [0.25, 0.3) is 0 Å². The second-order valence-electron chi connectivity index (χ2n) is 6.59. The van der Waals surface area contributed by atoms with E-state index in [-0.39, 0.29) is 0 Å². The van der Waals surface area contributed by atoms with Crippen LogP contribution in [0.2, 0.25) is 0 Å². The van der Waals surface area contributed by atoms with Crippen LogP contribution in [0.4, 0.5) is 0 Å². The summed E-state index contributed by atoms with van der Waals surface area (Å²) in [6.45, 7) is 2.34. The van der Waals surface area contributed by atoms with Crippen LogP contribution in [0.1, 0.15) is 77.6 Å². The molecule has 1 unspecified atom stereocenters. The smallest absolute Gasteiger partial charge is 0.00698 e. The first-order valence-corrected chi connectivity index (χ1v) is 8.05. The van der Waals surface area contributed by atoms with Crippen molar-refractivity contribution in [3.8, 4) is 0 Å². The van der Waals surface area contributed by atoms with E-state index in [1.165, 1.54) is 70.6 Å². The van der Waals surface area contributed by atoms with Crippen LogP contribution >= 0.6 is 0 Å². The minimum Gasteiger partial charge on any atom is -0.327 e. The van der Waals surface area contributed by atoms with Crippen molar-refractivity contribution in [3.05, 3.63) is 0 Å². The van der Waals surface area contributed by atoms with Crippen LogP contribution in [0, 0.1) is 17.8 Å². The molecule has 0 radical (unpaired) electrons. The van der Waals surface area contributed by atoms with Crippen LogP contribution in [0.3, 0.4) is 0 Å². The Morgan fingerprint density at radius 1 is 0.882 bits per heavy atom. The third-order valence-electron chi connectivity index (χ3n) is 5.40. The molecule has 0 amide bonds. The van der Waals surface area contributed by atoms with Crippen molar-refractivity contribution >= 4 is 0 Å². The molecule has 0 aromatic heterocycles. The Labute approximate surface area is 108 Å². The Bertz CT molecular complexity index is 200. The monoisotopic (exact) mass is 237 g/mol. The van der Waals surface area contributed by atoms with E-state index in [4.69, 9.17) is 5.73 Å². The van der Waals surface area contributed by atoms with Gasteiger partial charge in [0.2, 0.25) is 0 Å². The van der Waals surface area contributed by atoms with Crippen molar-refractivity contribution in [1.29, 1.82) is 0 Å². The minimum atomic E-state index is 0.510. The van der Waals surface area contributed by atoms with Crippen LogP contribution in [0.15, 0.2) is 0 Å². The molecule has 0 aromatic carbocycles. The minimum absolute atomic E-state index is 0.510. The molecule has 2 rings (SSSR count). The second-order valence-corrected chi connectivity index (χ2v) is 6.59. The van der Waals surface area contributed by atoms with Gasteiger partial charge in [-0.05, 0) is 37.0 Å². The summed E-state index contributed by atoms with van der Waals surface area (Å²) in [4.78, 5) is 0. The van der Waals surface area contributed by atoms with Crippen LogP contribution in [-0.2, 0) is 0 Å². The average molecular weight is 237 g/mol. The van der Waals surface area contributed by atoms with Crippen LogP contribution < -0.4 is 5.73 Å². The first-order chi connectivity index (χ1) is 8.29. The molecule has 0 heterocycles. The fourth-order valence-corrected chi connectivity index (χ4v) is 4.02. The molecule has 0 aromatic rings. The SMILES string of the molecule is CCC1CCC(C(N)CC2CCCCC2)CC1. The highest BCUT2D eigenvalue weighted by Crippen LogP contribution is 2.35. The Kier molecular flexibility index (Phi) is 5.34. The first-order valence-electron chi connectivity index (χ1n) is 8.05. The van der Waals surface area contributed by atoms with E-state index >= 15 is 0 Å². The molecule has 0 bridgehead atoms. The summed E-state index contributed by atoms with van der Waals surface area (Å²) in [7, 11) is 0. The lowest BCUT2D eigenvalue weighted by Crippen LogP contribution is -2.35. The molecule has 0 saturated heterocycles. The highest BCUT2D eigenvalue weighted by atomic mass is 14.7. The van der Waals surface area contributed by atoms with E-state index in [2.05, 4.69) is 6.92 Å². The van der Waals surface area contributed by atoms with Crippen molar-refractivity contribution in [2.24, 2.45) is 23.5 Å². The van der Waals surface area contributed by atoms with Gasteiger partial charge in [0.15, 0.2) is 0 Å². The van der Waals surface area contributed by atoms with Crippen molar-refractivity contribution in [2.75, 3.05) is 0 Å². The summed E-state index contributed by atoms with van der Waals surface area (Å²) in [5.41, 5.74) is 6.47. The maximum atomic E-state index is 6.47. The van der Waals surface area contributed by atoms with Gasteiger partial charge in [0.25, 0.3) is 0 Å². The molecule has 0 aliphatic heterocycles. The molecule has 0 spiro atoms. The van der Waals surface area contributed by atoms with E-state index in [9.17, 15) is 0 Å². The molecule has 2 saturated carbocycles. The van der Waals surface area contributed by atoms with Gasteiger partial charge in [-0.3, -0.25) is 0 Å². The lowest BCUT2D eigenvalue weighted by molar-refractivity contribution is 0.207. The van der Waals surface area contributed by atoms with Crippen molar-refractivity contribution in [3.63, 3.8) is 0 Å². The number of nitrogens with two attached hydrogens (primary N) is 1. The lowest BCUT2D eigenvalue weighted by atomic mass is 9.74. The Hall–Kier alpha value is -0.0400. The molecule has 1 nitrogen and oxygen atoms in total. The van der Waals surface area contributed by atoms with Gasteiger partial charge in [0.05, 0.1) is 0 Å². The Balaban J connectivity index is 1.70. The summed E-state index contributed by atoms with van der Waals surface area (Å²) < 4.78 is 0. The second kappa shape index (κ2) is 6.78. The van der Waals surface area contributed by atoms with E-state index in [0.717, 1.165) is 17.8 Å². The molecule has 100 valence electrons. The molecule has 1 atom stereocenters. The van der Waals surface area contributed by atoms with Gasteiger partial charge in [0, 0.05) is 6.04 Å². The molecule has 17 heavy (non-hydrogen) atoms. The predicted octanol–water partition coefficient (Wildman–Crippen LogP) is 4.50. The van der Waals surface area contributed by atoms with Gasteiger partial charge >= 0.3 is 0 Å². The molecule has 1 heteroatoms. The maximum absolute atomic E-state index is 6.47. The standard InChI is InChI=1S/C16H31N/c1-2-13-8-10-15(11-9-13)16(17)12-14-6-4-3-5-7-14/h13-16H,2-12,17H2,1H3. The third-order valence-corrected chi connectivity index (χ3v) is 5.40. The zero-order chi connectivity index (χ0) is 12.1. The fraction of sp³-hybridized carbons (Fsp3) is 1.00. The normalized spacial score (nSPS) is 33.5. The largest absolute Gasteiger partial charge is 0.327 e. The van der Waals surface area contributed by atoms with Gasteiger partial charge < -0.3 is 5.73 Å². The van der Waals surface area contributed by atoms with Gasteiger partial charge in [-0.2, -0.15) is 0 Å². The van der Waals surface area contributed by atoms with Gasteiger partial charge in [-0.25, -0.2) is 0 Å². The average Bonchev–Trinajstić information content (AvgIpc) is 2.40. The van der Waals surface area contributed by atoms with Gasteiger partial charge in [-0.15, -0.1) is 0 Å². The quantitative estimate of drug-likeness (QED) is 0.765. The number of hydrogen-bond acceptors (Lipinski definition) is 1. The summed E-state index contributed by atoms with van der Waals surface area (Å²) in [6, 6.07) is 0.510. The zero-order valence-corrected chi connectivity index (χ0v) is 11.7. The summed E-state index contributed by atoms with van der Waals surface area (Å²) in [6.07, 6.45) is 15.7. The van der Waals surface area contributed by atoms with Crippen molar-refractivity contribution in [1.82, 2.24) is 0 Å². The van der Waals surface area contributed by atoms with E-state index < -0.39 is 0 Å². The topological polar surface area (TPSA) is 26.0 Å². The van der Waals surface area contributed by atoms with Gasteiger partial charge in [-0.1, -0.05) is 58.3 Å². The summed E-state index contributed by atoms with van der Waals surface area (Å²) in [5, 5.41) is 0. The Morgan fingerprint density at radius 3 is 2.12 bits per heavy atom. The number of hydrogen-bond donors (Lipinski definition) is 1. The van der Waals surface area contributed by atoms with Crippen LogP contribution in [0.5, 0.6) is 0 Å². The van der Waals surface area contributed by atoms with Crippen molar-refractivity contribution in [2.45, 2.75) is 83.6 Å². The number of rotatable bonds is 4. The van der Waals surface area contributed by atoms with E-state index in [0.29, 0.717) is 6.04 Å². The highest BCUT2D eigenvalue weighted by Gasteiger charge is 2.27. The molecule has 2 N–H and O–H groups in total. The maximum Gasteiger partial charge on any atom is 0.00698 e. The first kappa shape index (κ1) is 13.4. The molecule has 2 aliphatic carbocycles. The van der Waals surface area contributed by atoms with Crippen LogP contribution in [-0.4, -0.2) is 6.04 Å². The lowest BCUT2D eigenvalue weighted by Gasteiger charge is -2.34. The summed E-state index contributed by atoms with van der Waals surface area (Å²) >= 11 is 0. The van der Waals surface area contributed by atoms with E-state index in [1.807, 2.05) is 0 Å². The molecular weight excluding hydrogens is 206 g/mol. The third kappa shape index (κ3) is 3.98. The molecule has 2 fully saturated rings. The zero-order valence-electron chi connectivity index (χ0n) is 11.7. The Morgan fingerprint density at radius 2 is 1.53 bits per heavy atom. The van der Waals surface area contributed by atoms with Crippen molar-refractivity contribution < 1.29 is 0 Å². The molecular formula is C16H31N.